The molecule has 0 aliphatic carbocycles. The smallest absolute Gasteiger partial charge is 0.335 e. The first-order valence-electron chi connectivity index (χ1n) is 6.60. The number of hydrogen-bond acceptors (Lipinski definition) is 3. The summed E-state index contributed by atoms with van der Waals surface area (Å²) >= 11 is 0. The monoisotopic (exact) mass is 291 g/mol. The lowest BCUT2D eigenvalue weighted by Gasteiger charge is -2.21. The molecule has 1 aromatic rings. The molecule has 7 nitrogen and oxygen atoms in total. The first-order chi connectivity index (χ1) is 9.93. The van der Waals surface area contributed by atoms with Crippen molar-refractivity contribution in [3.63, 3.8) is 0 Å². The third kappa shape index (κ3) is 2.96. The number of likely N-dealkylation sites (N-methyl/N-ethyl adjacent to an activating group) is 1. The molecular formula is C14H17N3O4. The summed E-state index contributed by atoms with van der Waals surface area (Å²) in [6, 6.07) is 3.65. The summed E-state index contributed by atoms with van der Waals surface area (Å²) in [7, 11) is 1.50. The van der Waals surface area contributed by atoms with Crippen LogP contribution < -0.4 is 15.5 Å². The molecule has 3 N–H and O–H groups in total. The van der Waals surface area contributed by atoms with Crippen molar-refractivity contribution in [3.8, 4) is 0 Å². The Bertz CT molecular complexity index is 600. The fourth-order valence-electron chi connectivity index (χ4n) is 2.27. The average molecular weight is 291 g/mol. The first kappa shape index (κ1) is 14.8. The summed E-state index contributed by atoms with van der Waals surface area (Å²) in [6.07, 6.45) is 0.664. The second-order valence-corrected chi connectivity index (χ2v) is 4.84. The van der Waals surface area contributed by atoms with Crippen LogP contribution in [0.15, 0.2) is 18.2 Å². The summed E-state index contributed by atoms with van der Waals surface area (Å²) in [6.45, 7) is 2.05. The van der Waals surface area contributed by atoms with Gasteiger partial charge in [0.2, 0.25) is 5.91 Å². The van der Waals surface area contributed by atoms with E-state index in [1.165, 1.54) is 24.1 Å². The van der Waals surface area contributed by atoms with Gasteiger partial charge in [-0.15, -0.1) is 0 Å². The van der Waals surface area contributed by atoms with Gasteiger partial charge >= 0.3 is 12.0 Å². The molecular weight excluding hydrogens is 274 g/mol. The van der Waals surface area contributed by atoms with Crippen LogP contribution in [0.1, 0.15) is 22.8 Å². The number of nitrogens with one attached hydrogen (secondary N) is 2. The second kappa shape index (κ2) is 5.82. The highest BCUT2D eigenvalue weighted by Crippen LogP contribution is 2.29. The van der Waals surface area contributed by atoms with Crippen molar-refractivity contribution in [2.75, 3.05) is 18.5 Å². The quantitative estimate of drug-likeness (QED) is 0.759. The van der Waals surface area contributed by atoms with Gasteiger partial charge in [0, 0.05) is 19.3 Å². The van der Waals surface area contributed by atoms with Gasteiger partial charge in [0.1, 0.15) is 6.04 Å². The number of urea groups is 1. The van der Waals surface area contributed by atoms with E-state index in [4.69, 9.17) is 5.11 Å². The Balaban J connectivity index is 2.18. The molecule has 2 rings (SSSR count). The van der Waals surface area contributed by atoms with Crippen molar-refractivity contribution < 1.29 is 19.5 Å². The van der Waals surface area contributed by atoms with Crippen molar-refractivity contribution in [3.05, 3.63) is 29.3 Å². The van der Waals surface area contributed by atoms with Crippen molar-refractivity contribution in [2.24, 2.45) is 0 Å². The number of anilines is 1. The van der Waals surface area contributed by atoms with E-state index in [9.17, 15) is 14.4 Å². The summed E-state index contributed by atoms with van der Waals surface area (Å²) in [4.78, 5) is 36.1. The molecule has 21 heavy (non-hydrogen) atoms. The van der Waals surface area contributed by atoms with E-state index in [0.29, 0.717) is 18.7 Å². The Morgan fingerprint density at radius 3 is 2.67 bits per heavy atom. The van der Waals surface area contributed by atoms with Crippen molar-refractivity contribution in [1.82, 2.24) is 10.6 Å². The molecule has 0 radical (unpaired) electrons. The lowest BCUT2D eigenvalue weighted by molar-refractivity contribution is -0.122. The zero-order chi connectivity index (χ0) is 15.6. The van der Waals surface area contributed by atoms with E-state index in [2.05, 4.69) is 10.6 Å². The third-order valence-electron chi connectivity index (χ3n) is 3.45. The Kier molecular flexibility index (Phi) is 4.11. The second-order valence-electron chi connectivity index (χ2n) is 4.84. The Labute approximate surface area is 121 Å². The number of aromatic carboxylic acids is 1. The molecule has 0 aromatic heterocycles. The average Bonchev–Trinajstić information content (AvgIpc) is 2.88. The third-order valence-corrected chi connectivity index (χ3v) is 3.45. The van der Waals surface area contributed by atoms with Gasteiger partial charge in [0.05, 0.1) is 5.56 Å². The van der Waals surface area contributed by atoms with Gasteiger partial charge in [-0.1, -0.05) is 6.07 Å². The van der Waals surface area contributed by atoms with E-state index in [-0.39, 0.29) is 11.5 Å². The van der Waals surface area contributed by atoms with Crippen LogP contribution in [-0.4, -0.2) is 42.6 Å². The molecule has 1 atom stereocenters. The zero-order valence-electron chi connectivity index (χ0n) is 11.8. The minimum absolute atomic E-state index is 0.132. The Morgan fingerprint density at radius 2 is 2.05 bits per heavy atom. The maximum absolute atomic E-state index is 12.2. The van der Waals surface area contributed by atoms with Crippen molar-refractivity contribution >= 4 is 23.6 Å². The Hall–Kier alpha value is -2.57. The fourth-order valence-corrected chi connectivity index (χ4v) is 2.27. The number of carboxylic acids is 1. The van der Waals surface area contributed by atoms with Crippen molar-refractivity contribution in [2.45, 2.75) is 19.4 Å². The predicted octanol–water partition coefficient (Wildman–Crippen LogP) is 0.591. The van der Waals surface area contributed by atoms with Gasteiger partial charge in [-0.25, -0.2) is 9.59 Å². The molecule has 0 spiro atoms. The van der Waals surface area contributed by atoms with Crippen LogP contribution in [0, 0.1) is 0 Å². The fraction of sp³-hybridized carbons (Fsp3) is 0.357. The lowest BCUT2D eigenvalue weighted by Crippen LogP contribution is -2.49. The maximum atomic E-state index is 12.2. The molecule has 0 fully saturated rings. The summed E-state index contributed by atoms with van der Waals surface area (Å²) in [5, 5.41) is 14.1. The number of carboxylic acid groups (broad SMARTS) is 1. The van der Waals surface area contributed by atoms with Gasteiger partial charge in [0.25, 0.3) is 0 Å². The van der Waals surface area contributed by atoms with E-state index in [0.717, 1.165) is 5.56 Å². The van der Waals surface area contributed by atoms with E-state index >= 15 is 0 Å². The van der Waals surface area contributed by atoms with Crippen LogP contribution in [0.4, 0.5) is 10.5 Å². The zero-order valence-corrected chi connectivity index (χ0v) is 11.8. The van der Waals surface area contributed by atoms with Gasteiger partial charge in [-0.05, 0) is 31.0 Å². The molecule has 1 aromatic carbocycles. The first-order valence-corrected chi connectivity index (χ1v) is 6.60. The summed E-state index contributed by atoms with van der Waals surface area (Å²) in [5.74, 6) is -1.33. The van der Waals surface area contributed by atoms with E-state index in [1.54, 1.807) is 13.0 Å². The van der Waals surface area contributed by atoms with Gasteiger partial charge in [0.15, 0.2) is 0 Å². The van der Waals surface area contributed by atoms with Crippen LogP contribution in [-0.2, 0) is 11.2 Å². The van der Waals surface area contributed by atoms with Crippen LogP contribution in [0.5, 0.6) is 0 Å². The topological polar surface area (TPSA) is 98.7 Å². The summed E-state index contributed by atoms with van der Waals surface area (Å²) in [5.41, 5.74) is 1.63. The van der Waals surface area contributed by atoms with Gasteiger partial charge in [-0.2, -0.15) is 0 Å². The summed E-state index contributed by atoms with van der Waals surface area (Å²) < 4.78 is 0. The molecule has 0 saturated carbocycles. The normalized spacial score (nSPS) is 14.3. The molecule has 0 saturated heterocycles. The molecule has 1 aliphatic rings. The molecule has 7 heteroatoms. The Morgan fingerprint density at radius 1 is 1.33 bits per heavy atom. The number of hydrogen-bond donors (Lipinski definition) is 3. The van der Waals surface area contributed by atoms with Crippen LogP contribution in [0.25, 0.3) is 0 Å². The van der Waals surface area contributed by atoms with Crippen LogP contribution >= 0.6 is 0 Å². The standard InChI is InChI=1S/C14H17N3O4/c1-8(12(18)15-2)16-14(21)17-6-5-9-3-4-10(13(19)20)7-11(9)17/h3-4,7-8H,5-6H2,1-2H3,(H,15,18)(H,16,21)(H,19,20). The highest BCUT2D eigenvalue weighted by Gasteiger charge is 2.27. The largest absolute Gasteiger partial charge is 0.478 e. The minimum atomic E-state index is -1.04. The highest BCUT2D eigenvalue weighted by atomic mass is 16.4. The predicted molar refractivity (Wildman–Crippen MR) is 76.5 cm³/mol. The van der Waals surface area contributed by atoms with Crippen LogP contribution in [0.3, 0.4) is 0 Å². The number of rotatable bonds is 3. The van der Waals surface area contributed by atoms with Gasteiger partial charge in [-0.3, -0.25) is 9.69 Å². The number of amides is 3. The minimum Gasteiger partial charge on any atom is -0.478 e. The molecule has 112 valence electrons. The number of carbonyl (C=O) groups is 3. The lowest BCUT2D eigenvalue weighted by atomic mass is 10.1. The highest BCUT2D eigenvalue weighted by molar-refractivity contribution is 5.98. The number of carbonyl (C=O) groups excluding carboxylic acids is 2. The van der Waals surface area contributed by atoms with Crippen LogP contribution in [0.2, 0.25) is 0 Å². The molecule has 1 heterocycles. The number of fused-ring (bicyclic) bond motifs is 1. The molecule has 1 aliphatic heterocycles. The molecule has 1 unspecified atom stereocenters. The maximum Gasteiger partial charge on any atom is 0.335 e. The van der Waals surface area contributed by atoms with Crippen molar-refractivity contribution in [1.29, 1.82) is 0 Å². The SMILES string of the molecule is CNC(=O)C(C)NC(=O)N1CCc2ccc(C(=O)O)cc21. The number of benzene rings is 1. The number of nitrogens with zero attached hydrogens (tertiary/aromatic N) is 1. The molecule has 0 bridgehead atoms. The molecule has 3 amide bonds. The van der Waals surface area contributed by atoms with E-state index < -0.39 is 18.0 Å². The van der Waals surface area contributed by atoms with Gasteiger partial charge < -0.3 is 15.7 Å². The van der Waals surface area contributed by atoms with E-state index in [1.807, 2.05) is 0 Å².